The minimum atomic E-state index is -0.605. The number of fused-ring (bicyclic) bond motifs is 1. The molecule has 9 heteroatoms. The number of aryl methyl sites for hydroxylation is 1. The Labute approximate surface area is 188 Å². The lowest BCUT2D eigenvalue weighted by atomic mass is 10.1. The number of halogens is 1. The van der Waals surface area contributed by atoms with Crippen LogP contribution in [0.4, 0.5) is 5.69 Å². The molecule has 1 aromatic heterocycles. The Morgan fingerprint density at radius 3 is 2.65 bits per heavy atom. The molecule has 8 nitrogen and oxygen atoms in total. The molecule has 1 amide bonds. The van der Waals surface area contributed by atoms with Gasteiger partial charge in [0.2, 0.25) is 5.88 Å². The van der Waals surface area contributed by atoms with Gasteiger partial charge in [-0.15, -0.1) is 10.2 Å². The maximum atomic E-state index is 12.1. The van der Waals surface area contributed by atoms with Gasteiger partial charge in [-0.1, -0.05) is 52.3 Å². The van der Waals surface area contributed by atoms with E-state index in [1.54, 1.807) is 4.57 Å². The van der Waals surface area contributed by atoms with Gasteiger partial charge in [-0.05, 0) is 44.8 Å². The van der Waals surface area contributed by atoms with Crippen LogP contribution >= 0.6 is 15.9 Å². The number of nitrogens with zero attached hydrogens (tertiary/aromatic N) is 4. The molecule has 0 aliphatic rings. The summed E-state index contributed by atoms with van der Waals surface area (Å²) < 4.78 is 2.52. The standard InChI is InChI=1S/C22H24BrN5O3/c1-14-5-7-16(8-6-14)15(2)26-31-12-20(29)24-25-21-18-11-17(23)9-10-19(18)28(22(21)30)13-27(3)4/h5-11,26,30H,2,12-13H2,1,3-4H3. The number of hydrogen-bond acceptors (Lipinski definition) is 6. The lowest BCUT2D eigenvalue weighted by molar-refractivity contribution is -0.124. The van der Waals surface area contributed by atoms with E-state index in [2.05, 4.69) is 38.2 Å². The van der Waals surface area contributed by atoms with Gasteiger partial charge in [-0.25, -0.2) is 0 Å². The molecule has 0 saturated carbocycles. The Morgan fingerprint density at radius 1 is 1.26 bits per heavy atom. The summed E-state index contributed by atoms with van der Waals surface area (Å²) in [6.45, 7) is 5.98. The predicted octanol–water partition coefficient (Wildman–Crippen LogP) is 4.74. The van der Waals surface area contributed by atoms with E-state index in [1.165, 1.54) is 0 Å². The van der Waals surface area contributed by atoms with Crippen molar-refractivity contribution in [3.05, 3.63) is 64.6 Å². The number of nitrogens with one attached hydrogen (secondary N) is 1. The second-order valence-corrected chi connectivity index (χ2v) is 8.23. The van der Waals surface area contributed by atoms with Crippen molar-refractivity contribution in [2.45, 2.75) is 13.6 Å². The summed E-state index contributed by atoms with van der Waals surface area (Å²) in [5.74, 6) is -0.669. The Kier molecular flexibility index (Phi) is 7.21. The van der Waals surface area contributed by atoms with Crippen LogP contribution in [0.2, 0.25) is 0 Å². The van der Waals surface area contributed by atoms with Crippen LogP contribution in [-0.4, -0.2) is 41.2 Å². The van der Waals surface area contributed by atoms with E-state index in [-0.39, 0.29) is 18.2 Å². The van der Waals surface area contributed by atoms with Gasteiger partial charge in [0.15, 0.2) is 12.3 Å². The summed E-state index contributed by atoms with van der Waals surface area (Å²) in [7, 11) is 3.79. The maximum Gasteiger partial charge on any atom is 0.292 e. The summed E-state index contributed by atoms with van der Waals surface area (Å²) in [4.78, 5) is 19.2. The van der Waals surface area contributed by atoms with E-state index in [0.717, 1.165) is 21.1 Å². The monoisotopic (exact) mass is 485 g/mol. The van der Waals surface area contributed by atoms with Crippen molar-refractivity contribution in [2.75, 3.05) is 20.7 Å². The lowest BCUT2D eigenvalue weighted by Gasteiger charge is -2.13. The van der Waals surface area contributed by atoms with E-state index in [9.17, 15) is 9.90 Å². The van der Waals surface area contributed by atoms with E-state index in [0.29, 0.717) is 17.8 Å². The highest BCUT2D eigenvalue weighted by atomic mass is 79.9. The third-order valence-electron chi connectivity index (χ3n) is 4.45. The molecule has 0 unspecified atom stereocenters. The first-order valence-corrected chi connectivity index (χ1v) is 10.3. The normalized spacial score (nSPS) is 11.5. The van der Waals surface area contributed by atoms with E-state index < -0.39 is 5.91 Å². The molecule has 0 radical (unpaired) electrons. The number of benzene rings is 2. The number of hydroxylamine groups is 1. The fourth-order valence-corrected chi connectivity index (χ4v) is 3.31. The Bertz CT molecular complexity index is 1140. The summed E-state index contributed by atoms with van der Waals surface area (Å²) in [5, 5.41) is 19.0. The first-order chi connectivity index (χ1) is 14.8. The van der Waals surface area contributed by atoms with Gasteiger partial charge in [0.1, 0.15) is 0 Å². The number of aromatic hydroxyl groups is 1. The van der Waals surface area contributed by atoms with Gasteiger partial charge in [0.05, 0.1) is 17.9 Å². The number of hydrogen-bond donors (Lipinski definition) is 2. The zero-order valence-electron chi connectivity index (χ0n) is 17.6. The maximum absolute atomic E-state index is 12.1. The molecule has 0 fully saturated rings. The largest absolute Gasteiger partial charge is 0.493 e. The van der Waals surface area contributed by atoms with Crippen LogP contribution in [0.15, 0.2) is 63.7 Å². The third kappa shape index (κ3) is 5.57. The van der Waals surface area contributed by atoms with Gasteiger partial charge in [0.25, 0.3) is 5.91 Å². The lowest BCUT2D eigenvalue weighted by Crippen LogP contribution is -2.17. The van der Waals surface area contributed by atoms with E-state index >= 15 is 0 Å². The van der Waals surface area contributed by atoms with Crippen molar-refractivity contribution in [3.63, 3.8) is 0 Å². The molecular weight excluding hydrogens is 462 g/mol. The second kappa shape index (κ2) is 9.86. The van der Waals surface area contributed by atoms with Crippen LogP contribution in [-0.2, 0) is 16.3 Å². The highest BCUT2D eigenvalue weighted by Crippen LogP contribution is 2.40. The fraction of sp³-hybridized carbons (Fsp3) is 0.227. The third-order valence-corrected chi connectivity index (χ3v) is 4.94. The smallest absolute Gasteiger partial charge is 0.292 e. The van der Waals surface area contributed by atoms with Crippen molar-refractivity contribution in [3.8, 4) is 5.88 Å². The van der Waals surface area contributed by atoms with Crippen molar-refractivity contribution in [1.29, 1.82) is 0 Å². The highest BCUT2D eigenvalue weighted by molar-refractivity contribution is 9.10. The van der Waals surface area contributed by atoms with Crippen LogP contribution in [0, 0.1) is 6.92 Å². The molecule has 0 atom stereocenters. The Morgan fingerprint density at radius 2 is 1.97 bits per heavy atom. The molecule has 0 spiro atoms. The number of carbonyl (C=O) groups excluding carboxylic acids is 1. The van der Waals surface area contributed by atoms with Crippen LogP contribution in [0.5, 0.6) is 5.88 Å². The number of carbonyl (C=O) groups is 1. The number of rotatable bonds is 8. The van der Waals surface area contributed by atoms with Gasteiger partial charge >= 0.3 is 0 Å². The van der Waals surface area contributed by atoms with Crippen LogP contribution in [0.1, 0.15) is 11.1 Å². The van der Waals surface area contributed by atoms with Gasteiger partial charge < -0.3 is 5.11 Å². The van der Waals surface area contributed by atoms with Crippen molar-refractivity contribution in [1.82, 2.24) is 14.9 Å². The first kappa shape index (κ1) is 22.7. The topological polar surface area (TPSA) is 91.5 Å². The minimum Gasteiger partial charge on any atom is -0.493 e. The van der Waals surface area contributed by atoms with Gasteiger partial charge in [-0.2, -0.15) is 0 Å². The zero-order valence-corrected chi connectivity index (χ0v) is 19.2. The molecule has 2 aromatic carbocycles. The summed E-state index contributed by atoms with van der Waals surface area (Å²) in [6, 6.07) is 13.3. The molecule has 0 aliphatic carbocycles. The number of aromatic nitrogens is 1. The molecular formula is C22H24BrN5O3. The van der Waals surface area contributed by atoms with Crippen molar-refractivity contribution in [2.24, 2.45) is 10.2 Å². The van der Waals surface area contributed by atoms with E-state index in [4.69, 9.17) is 4.84 Å². The number of amides is 1. The molecule has 0 aliphatic heterocycles. The van der Waals surface area contributed by atoms with Crippen molar-refractivity contribution < 1.29 is 14.7 Å². The van der Waals surface area contributed by atoms with Gasteiger partial charge in [-0.3, -0.25) is 24.6 Å². The highest BCUT2D eigenvalue weighted by Gasteiger charge is 2.18. The fourth-order valence-electron chi connectivity index (χ4n) is 2.95. The van der Waals surface area contributed by atoms with Crippen LogP contribution in [0.3, 0.4) is 0 Å². The van der Waals surface area contributed by atoms with E-state index in [1.807, 2.05) is 68.4 Å². The summed E-state index contributed by atoms with van der Waals surface area (Å²) in [5.41, 5.74) is 6.16. The van der Waals surface area contributed by atoms with Crippen LogP contribution in [0.25, 0.3) is 16.6 Å². The molecule has 3 rings (SSSR count). The predicted molar refractivity (Wildman–Crippen MR) is 124 cm³/mol. The quantitative estimate of drug-likeness (QED) is 0.355. The van der Waals surface area contributed by atoms with Crippen molar-refractivity contribution >= 4 is 44.1 Å². The SMILES string of the molecule is C=C(NOCC(=O)N=Nc1c(O)n(CN(C)C)c2ccc(Br)cc12)c1ccc(C)cc1. The molecule has 2 N–H and O–H groups in total. The minimum absolute atomic E-state index is 0.0647. The second-order valence-electron chi connectivity index (χ2n) is 7.31. The molecule has 3 aromatic rings. The zero-order chi connectivity index (χ0) is 22.5. The Balaban J connectivity index is 1.68. The number of azo groups is 1. The summed E-state index contributed by atoms with van der Waals surface area (Å²) in [6.07, 6.45) is 0. The molecule has 31 heavy (non-hydrogen) atoms. The molecule has 0 saturated heterocycles. The first-order valence-electron chi connectivity index (χ1n) is 9.50. The molecule has 0 bridgehead atoms. The average molecular weight is 486 g/mol. The van der Waals surface area contributed by atoms with Crippen LogP contribution < -0.4 is 5.48 Å². The average Bonchev–Trinajstić information content (AvgIpc) is 2.96. The molecule has 1 heterocycles. The van der Waals surface area contributed by atoms with Gasteiger partial charge in [0, 0.05) is 9.86 Å². The Hall–Kier alpha value is -3.01. The summed E-state index contributed by atoms with van der Waals surface area (Å²) >= 11 is 3.43. The molecule has 162 valence electrons.